The Kier molecular flexibility index (Phi) is 2.11. The van der Waals surface area contributed by atoms with Crippen molar-refractivity contribution in [3.63, 3.8) is 0 Å². The molecule has 0 aromatic carbocycles. The summed E-state index contributed by atoms with van der Waals surface area (Å²) in [5, 5.41) is 2.03. The number of hydrogen-bond donors (Lipinski definition) is 1. The molecule has 0 aromatic rings. The maximum Gasteiger partial charge on any atom is 0.469 e. The first kappa shape index (κ1) is 7.06. The second-order valence-electron chi connectivity index (χ2n) is 2.42. The van der Waals surface area contributed by atoms with Gasteiger partial charge < -0.3 is 14.5 Å². The Labute approximate surface area is 55.7 Å². The van der Waals surface area contributed by atoms with Crippen LogP contribution >= 0.6 is 0 Å². The second-order valence-corrected chi connectivity index (χ2v) is 2.42. The van der Waals surface area contributed by atoms with Gasteiger partial charge in [0.25, 0.3) is 0 Å². The van der Waals surface area contributed by atoms with Crippen LogP contribution in [0.1, 0.15) is 6.92 Å². The van der Waals surface area contributed by atoms with Crippen LogP contribution in [0.3, 0.4) is 0 Å². The van der Waals surface area contributed by atoms with Gasteiger partial charge in [0.05, 0.1) is 0 Å². The fraction of sp³-hybridized carbons (Fsp3) is 1.00. The lowest BCUT2D eigenvalue weighted by atomic mass is 9.69. The van der Waals surface area contributed by atoms with E-state index in [1.807, 2.05) is 12.3 Å². The van der Waals surface area contributed by atoms with Gasteiger partial charge in [-0.2, -0.15) is 0 Å². The maximum absolute atomic E-state index is 5.42. The summed E-state index contributed by atoms with van der Waals surface area (Å²) in [7, 11) is 1.99. The van der Waals surface area contributed by atoms with E-state index in [1.54, 1.807) is 0 Å². The zero-order chi connectivity index (χ0) is 6.74. The van der Waals surface area contributed by atoms with Crippen molar-refractivity contribution in [2.24, 2.45) is 0 Å². The van der Waals surface area contributed by atoms with Crippen molar-refractivity contribution in [1.29, 1.82) is 0 Å². The van der Waals surface area contributed by atoms with Crippen molar-refractivity contribution in [2.45, 2.75) is 13.2 Å². The quantitative estimate of drug-likeness (QED) is 0.497. The SMILES string of the molecule is CC[B-]1([NH2+]C)OCCO1. The van der Waals surface area contributed by atoms with Gasteiger partial charge in [-0.3, -0.25) is 0 Å². The Balaban J connectivity index is 2.45. The van der Waals surface area contributed by atoms with Crippen molar-refractivity contribution in [2.75, 3.05) is 20.3 Å². The van der Waals surface area contributed by atoms with Gasteiger partial charge in [-0.05, 0) is 0 Å². The van der Waals surface area contributed by atoms with Gasteiger partial charge in [0.1, 0.15) is 0 Å². The molecule has 1 saturated heterocycles. The summed E-state index contributed by atoms with van der Waals surface area (Å²) < 4.78 is 10.8. The molecular weight excluding hydrogens is 117 g/mol. The highest BCUT2D eigenvalue weighted by Gasteiger charge is 2.35. The average Bonchev–Trinajstić information content (AvgIpc) is 2.36. The van der Waals surface area contributed by atoms with Crippen molar-refractivity contribution in [1.82, 2.24) is 0 Å². The Hall–Kier alpha value is -0.0551. The second kappa shape index (κ2) is 2.69. The smallest absolute Gasteiger partial charge is 0.469 e. The molecule has 54 valence electrons. The van der Waals surface area contributed by atoms with Crippen LogP contribution in [-0.4, -0.2) is 26.9 Å². The summed E-state index contributed by atoms with van der Waals surface area (Å²) in [4.78, 5) is 0. The van der Waals surface area contributed by atoms with Gasteiger partial charge in [-0.25, -0.2) is 0 Å². The highest BCUT2D eigenvalue weighted by atomic mass is 16.7. The van der Waals surface area contributed by atoms with E-state index < -0.39 is 6.69 Å². The van der Waals surface area contributed by atoms with Crippen LogP contribution in [0, 0.1) is 0 Å². The Morgan fingerprint density at radius 2 is 2.00 bits per heavy atom. The molecule has 0 aromatic heterocycles. The number of hydrogen-bond acceptors (Lipinski definition) is 2. The summed E-state index contributed by atoms with van der Waals surface area (Å²) in [5.41, 5.74) is 0. The molecule has 0 bridgehead atoms. The molecule has 9 heavy (non-hydrogen) atoms. The molecule has 0 atom stereocenters. The first-order valence-corrected chi connectivity index (χ1v) is 3.57. The number of rotatable bonds is 2. The molecule has 1 aliphatic heterocycles. The molecule has 2 N–H and O–H groups in total. The summed E-state index contributed by atoms with van der Waals surface area (Å²) >= 11 is 0. The Bertz CT molecular complexity index is 87.0. The van der Waals surface area contributed by atoms with Gasteiger partial charge in [0, 0.05) is 20.3 Å². The monoisotopic (exact) mass is 131 g/mol. The lowest BCUT2D eigenvalue weighted by Crippen LogP contribution is -2.98. The zero-order valence-electron chi connectivity index (χ0n) is 6.09. The molecule has 0 saturated carbocycles. The summed E-state index contributed by atoms with van der Waals surface area (Å²) in [6.45, 7) is 2.65. The lowest BCUT2D eigenvalue weighted by Gasteiger charge is -2.25. The van der Waals surface area contributed by atoms with Crippen LogP contribution in [0.5, 0.6) is 0 Å². The number of quaternary nitrogens is 1. The van der Waals surface area contributed by atoms with E-state index in [4.69, 9.17) is 9.31 Å². The third-order valence-corrected chi connectivity index (χ3v) is 1.96. The molecule has 1 rings (SSSR count). The molecule has 0 amide bonds. The van der Waals surface area contributed by atoms with Gasteiger partial charge in [0.15, 0.2) is 0 Å². The van der Waals surface area contributed by atoms with Crippen LogP contribution < -0.4 is 5.23 Å². The summed E-state index contributed by atoms with van der Waals surface area (Å²) in [6, 6.07) is 0. The van der Waals surface area contributed by atoms with Crippen molar-refractivity contribution < 1.29 is 14.5 Å². The minimum atomic E-state index is -0.958. The molecular formula is C5H14BNO2. The van der Waals surface area contributed by atoms with E-state index in [0.717, 1.165) is 19.5 Å². The molecule has 1 heterocycles. The molecule has 1 aliphatic rings. The molecule has 0 aliphatic carbocycles. The third-order valence-electron chi connectivity index (χ3n) is 1.96. The minimum Gasteiger partial charge on any atom is -0.512 e. The first-order chi connectivity index (χ1) is 4.33. The van der Waals surface area contributed by atoms with Gasteiger partial charge in [0.2, 0.25) is 0 Å². The largest absolute Gasteiger partial charge is 0.512 e. The van der Waals surface area contributed by atoms with Gasteiger partial charge in [-0.15, -0.1) is 0 Å². The molecule has 4 heteroatoms. The van der Waals surface area contributed by atoms with E-state index in [-0.39, 0.29) is 0 Å². The van der Waals surface area contributed by atoms with Gasteiger partial charge >= 0.3 is 6.69 Å². The lowest BCUT2D eigenvalue weighted by molar-refractivity contribution is -0.527. The van der Waals surface area contributed by atoms with Crippen LogP contribution in [0.4, 0.5) is 0 Å². The van der Waals surface area contributed by atoms with E-state index >= 15 is 0 Å². The van der Waals surface area contributed by atoms with Crippen LogP contribution in [0.2, 0.25) is 6.32 Å². The van der Waals surface area contributed by atoms with Crippen LogP contribution in [-0.2, 0) is 9.31 Å². The predicted octanol–water partition coefficient (Wildman–Crippen LogP) is -0.815. The average molecular weight is 131 g/mol. The fourth-order valence-corrected chi connectivity index (χ4v) is 1.21. The van der Waals surface area contributed by atoms with Crippen molar-refractivity contribution >= 4 is 6.69 Å². The van der Waals surface area contributed by atoms with E-state index in [1.165, 1.54) is 0 Å². The van der Waals surface area contributed by atoms with E-state index in [2.05, 4.69) is 6.92 Å². The first-order valence-electron chi connectivity index (χ1n) is 3.57. The standard InChI is InChI=1S/C5H14BNO2/c1-3-6(7-2)8-4-5-9-6/h3-5,7H2,1-2H3. The highest BCUT2D eigenvalue weighted by molar-refractivity contribution is 6.58. The molecule has 0 unspecified atom stereocenters. The molecule has 1 fully saturated rings. The molecule has 3 nitrogen and oxygen atoms in total. The topological polar surface area (TPSA) is 35.1 Å². The van der Waals surface area contributed by atoms with Crippen molar-refractivity contribution in [3.05, 3.63) is 0 Å². The summed E-state index contributed by atoms with van der Waals surface area (Å²) in [6.07, 6.45) is 0.969. The van der Waals surface area contributed by atoms with Crippen LogP contribution in [0.25, 0.3) is 0 Å². The predicted molar refractivity (Wildman–Crippen MR) is 36.0 cm³/mol. The Morgan fingerprint density at radius 1 is 1.44 bits per heavy atom. The Morgan fingerprint density at radius 3 is 2.22 bits per heavy atom. The molecule has 0 spiro atoms. The van der Waals surface area contributed by atoms with Crippen molar-refractivity contribution in [3.8, 4) is 0 Å². The van der Waals surface area contributed by atoms with E-state index in [9.17, 15) is 0 Å². The summed E-state index contributed by atoms with van der Waals surface area (Å²) in [5.74, 6) is 0. The maximum atomic E-state index is 5.42. The minimum absolute atomic E-state index is 0.762. The normalized spacial score (nSPS) is 24.7. The highest BCUT2D eigenvalue weighted by Crippen LogP contribution is 2.09. The third kappa shape index (κ3) is 1.26. The molecule has 0 radical (unpaired) electrons. The fourth-order valence-electron chi connectivity index (χ4n) is 1.21. The van der Waals surface area contributed by atoms with Crippen LogP contribution in [0.15, 0.2) is 0 Å². The van der Waals surface area contributed by atoms with Gasteiger partial charge in [-0.1, -0.05) is 13.2 Å². The number of nitrogens with two attached hydrogens (primary N) is 1. The zero-order valence-corrected chi connectivity index (χ0v) is 6.09. The van der Waals surface area contributed by atoms with E-state index in [0.29, 0.717) is 0 Å².